The predicted octanol–water partition coefficient (Wildman–Crippen LogP) is 7.21. The van der Waals surface area contributed by atoms with Gasteiger partial charge in [0.15, 0.2) is 17.5 Å². The first-order chi connectivity index (χ1) is 15.4. The van der Waals surface area contributed by atoms with Crippen LogP contribution in [0.5, 0.6) is 0 Å². The van der Waals surface area contributed by atoms with Crippen molar-refractivity contribution in [3.05, 3.63) is 119 Å². The first-order valence-electron chi connectivity index (χ1n) is 10.0. The van der Waals surface area contributed by atoms with Gasteiger partial charge in [0.05, 0.1) is 12.7 Å². The molecule has 0 bridgehead atoms. The molecule has 1 aliphatic rings. The van der Waals surface area contributed by atoms with Gasteiger partial charge >= 0.3 is 0 Å². The van der Waals surface area contributed by atoms with Crippen molar-refractivity contribution in [1.82, 2.24) is 0 Å². The molecule has 1 unspecified atom stereocenters. The lowest BCUT2D eigenvalue weighted by Gasteiger charge is -2.22. The van der Waals surface area contributed by atoms with Gasteiger partial charge in [-0.2, -0.15) is 0 Å². The maximum atomic E-state index is 14.7. The Morgan fingerprint density at radius 2 is 1.47 bits per heavy atom. The van der Waals surface area contributed by atoms with E-state index in [0.29, 0.717) is 24.2 Å². The zero-order valence-corrected chi connectivity index (χ0v) is 17.0. The van der Waals surface area contributed by atoms with Crippen LogP contribution in [0, 0.1) is 29.1 Å². The molecule has 0 aromatic heterocycles. The van der Waals surface area contributed by atoms with Crippen LogP contribution < -0.4 is 0 Å². The molecule has 0 aliphatic carbocycles. The standard InChI is InChI=1S/C26H19F5O/c1-2-15-3-8-25(32-14-15)18-6-4-17(5-7-18)19-12-21(27)20(22(28)13-19)9-16-10-23(29)26(31)24(30)11-16/h2-7,10-13,25H,1,8-9,14H2. The molecule has 3 aromatic carbocycles. The molecule has 0 saturated carbocycles. The molecule has 0 spiro atoms. The molecule has 0 radical (unpaired) electrons. The van der Waals surface area contributed by atoms with E-state index in [-0.39, 0.29) is 17.2 Å². The van der Waals surface area contributed by atoms with Crippen LogP contribution in [-0.2, 0) is 11.2 Å². The molecule has 32 heavy (non-hydrogen) atoms. The van der Waals surface area contributed by atoms with Crippen molar-refractivity contribution in [3.63, 3.8) is 0 Å². The van der Waals surface area contributed by atoms with E-state index in [1.807, 2.05) is 12.1 Å². The maximum Gasteiger partial charge on any atom is 0.194 e. The Hall–Kier alpha value is -3.25. The van der Waals surface area contributed by atoms with Gasteiger partial charge in [-0.25, -0.2) is 22.0 Å². The molecule has 3 aromatic rings. The molecule has 1 aliphatic heterocycles. The third kappa shape index (κ3) is 4.50. The van der Waals surface area contributed by atoms with Crippen molar-refractivity contribution in [3.8, 4) is 11.1 Å². The third-order valence-electron chi connectivity index (χ3n) is 5.49. The van der Waals surface area contributed by atoms with Gasteiger partial charge < -0.3 is 4.74 Å². The Bertz CT molecular complexity index is 1150. The van der Waals surface area contributed by atoms with Crippen molar-refractivity contribution in [2.24, 2.45) is 0 Å². The van der Waals surface area contributed by atoms with Crippen LogP contribution in [0.2, 0.25) is 0 Å². The Morgan fingerprint density at radius 1 is 0.844 bits per heavy atom. The molecular formula is C26H19F5O. The molecule has 0 N–H and O–H groups in total. The zero-order chi connectivity index (χ0) is 22.8. The number of hydrogen-bond donors (Lipinski definition) is 0. The average Bonchev–Trinajstić information content (AvgIpc) is 2.80. The number of ether oxygens (including phenoxy) is 1. The van der Waals surface area contributed by atoms with Crippen LogP contribution >= 0.6 is 0 Å². The van der Waals surface area contributed by atoms with Crippen molar-refractivity contribution < 1.29 is 26.7 Å². The number of benzene rings is 3. The molecule has 1 nitrogen and oxygen atoms in total. The monoisotopic (exact) mass is 442 g/mol. The number of halogens is 5. The minimum atomic E-state index is -1.62. The highest BCUT2D eigenvalue weighted by Gasteiger charge is 2.18. The maximum absolute atomic E-state index is 14.7. The topological polar surface area (TPSA) is 9.23 Å². The normalized spacial score (nSPS) is 16.0. The second-order valence-electron chi connectivity index (χ2n) is 7.61. The average molecular weight is 442 g/mol. The summed E-state index contributed by atoms with van der Waals surface area (Å²) in [6.07, 6.45) is 4.03. The summed E-state index contributed by atoms with van der Waals surface area (Å²) in [7, 11) is 0. The highest BCUT2D eigenvalue weighted by atomic mass is 19.2. The van der Waals surface area contributed by atoms with Gasteiger partial charge in [-0.3, -0.25) is 0 Å². The first kappa shape index (κ1) is 22.0. The lowest BCUT2D eigenvalue weighted by atomic mass is 9.96. The van der Waals surface area contributed by atoms with Crippen molar-refractivity contribution in [2.75, 3.05) is 6.61 Å². The summed E-state index contributed by atoms with van der Waals surface area (Å²) in [5, 5.41) is 0. The fourth-order valence-electron chi connectivity index (χ4n) is 3.70. The molecule has 0 amide bonds. The largest absolute Gasteiger partial charge is 0.369 e. The van der Waals surface area contributed by atoms with E-state index in [1.165, 1.54) is 12.1 Å². The van der Waals surface area contributed by atoms with Crippen LogP contribution in [0.15, 0.2) is 72.8 Å². The Balaban J connectivity index is 1.55. The second kappa shape index (κ2) is 9.09. The van der Waals surface area contributed by atoms with Crippen LogP contribution in [-0.4, -0.2) is 6.61 Å². The van der Waals surface area contributed by atoms with Crippen LogP contribution in [0.25, 0.3) is 11.1 Å². The van der Waals surface area contributed by atoms with Crippen molar-refractivity contribution in [2.45, 2.75) is 18.9 Å². The summed E-state index contributed by atoms with van der Waals surface area (Å²) in [5.41, 5.74) is 2.50. The molecule has 164 valence electrons. The highest BCUT2D eigenvalue weighted by Crippen LogP contribution is 2.31. The molecule has 4 rings (SSSR count). The summed E-state index contributed by atoms with van der Waals surface area (Å²) < 4.78 is 75.1. The van der Waals surface area contributed by atoms with E-state index in [9.17, 15) is 22.0 Å². The zero-order valence-electron chi connectivity index (χ0n) is 17.0. The van der Waals surface area contributed by atoms with Gasteiger partial charge in [0.1, 0.15) is 11.6 Å². The molecule has 6 heteroatoms. The number of rotatable bonds is 5. The minimum Gasteiger partial charge on any atom is -0.369 e. The van der Waals surface area contributed by atoms with Gasteiger partial charge in [-0.05, 0) is 58.5 Å². The predicted molar refractivity (Wildman–Crippen MR) is 113 cm³/mol. The quantitative estimate of drug-likeness (QED) is 0.300. The SMILES string of the molecule is C=CC1=CCC(c2ccc(-c3cc(F)c(Cc4cc(F)c(F)c(F)c4)c(F)c3)cc2)OC1. The summed E-state index contributed by atoms with van der Waals surface area (Å²) >= 11 is 0. The molecular weight excluding hydrogens is 423 g/mol. The molecule has 1 heterocycles. The van der Waals surface area contributed by atoms with Gasteiger partial charge in [0.2, 0.25) is 0 Å². The smallest absolute Gasteiger partial charge is 0.194 e. The van der Waals surface area contributed by atoms with Crippen LogP contribution in [0.3, 0.4) is 0 Å². The minimum absolute atomic E-state index is 0.0718. The van der Waals surface area contributed by atoms with Crippen LogP contribution in [0.1, 0.15) is 29.2 Å². The fourth-order valence-corrected chi connectivity index (χ4v) is 3.70. The highest BCUT2D eigenvalue weighted by molar-refractivity contribution is 5.64. The lowest BCUT2D eigenvalue weighted by molar-refractivity contribution is 0.0635. The van der Waals surface area contributed by atoms with Crippen LogP contribution in [0.4, 0.5) is 22.0 Å². The summed E-state index contributed by atoms with van der Waals surface area (Å²) in [6, 6.07) is 11.0. The van der Waals surface area contributed by atoms with Gasteiger partial charge in [0, 0.05) is 12.0 Å². The Kier molecular flexibility index (Phi) is 6.24. The van der Waals surface area contributed by atoms with Gasteiger partial charge in [-0.15, -0.1) is 0 Å². The summed E-state index contributed by atoms with van der Waals surface area (Å²) in [5.74, 6) is -6.14. The van der Waals surface area contributed by atoms with Crippen molar-refractivity contribution in [1.29, 1.82) is 0 Å². The second-order valence-corrected chi connectivity index (χ2v) is 7.61. The van der Waals surface area contributed by atoms with Crippen molar-refractivity contribution >= 4 is 0 Å². The lowest BCUT2D eigenvalue weighted by Crippen LogP contribution is -2.10. The molecule has 0 saturated heterocycles. The van der Waals surface area contributed by atoms with E-state index in [1.54, 1.807) is 18.2 Å². The Morgan fingerprint density at radius 3 is 2.00 bits per heavy atom. The van der Waals surface area contributed by atoms with E-state index in [4.69, 9.17) is 4.74 Å². The first-order valence-corrected chi connectivity index (χ1v) is 10.0. The molecule has 1 atom stereocenters. The summed E-state index contributed by atoms with van der Waals surface area (Å²) in [6.45, 7) is 4.21. The summed E-state index contributed by atoms with van der Waals surface area (Å²) in [4.78, 5) is 0. The number of hydrogen-bond acceptors (Lipinski definition) is 1. The van der Waals surface area contributed by atoms with Gasteiger partial charge in [-0.1, -0.05) is 43.0 Å². The van der Waals surface area contributed by atoms with E-state index in [0.717, 1.165) is 23.3 Å². The third-order valence-corrected chi connectivity index (χ3v) is 5.49. The molecule has 0 fully saturated rings. The van der Waals surface area contributed by atoms with E-state index < -0.39 is 35.5 Å². The Labute approximate surface area is 182 Å². The van der Waals surface area contributed by atoms with E-state index >= 15 is 0 Å². The fraction of sp³-hybridized carbons (Fsp3) is 0.154. The van der Waals surface area contributed by atoms with Gasteiger partial charge in [0.25, 0.3) is 0 Å². The van der Waals surface area contributed by atoms with E-state index in [2.05, 4.69) is 12.7 Å².